The molecular formula is C16H26N2O4S. The highest BCUT2D eigenvalue weighted by molar-refractivity contribution is 7.89. The van der Waals surface area contributed by atoms with Crippen LogP contribution < -0.4 is 10.1 Å². The molecule has 1 rings (SSSR count). The van der Waals surface area contributed by atoms with Gasteiger partial charge in [0.1, 0.15) is 10.6 Å². The van der Waals surface area contributed by atoms with Crippen LogP contribution in [0.3, 0.4) is 0 Å². The summed E-state index contributed by atoms with van der Waals surface area (Å²) in [6.07, 6.45) is 0.788. The zero-order chi connectivity index (χ0) is 17.6. The van der Waals surface area contributed by atoms with Gasteiger partial charge >= 0.3 is 0 Å². The predicted molar refractivity (Wildman–Crippen MR) is 90.1 cm³/mol. The molecule has 1 atom stereocenters. The van der Waals surface area contributed by atoms with Crippen molar-refractivity contribution >= 4 is 15.9 Å². The van der Waals surface area contributed by atoms with Crippen molar-refractivity contribution in [2.45, 2.75) is 45.1 Å². The van der Waals surface area contributed by atoms with Gasteiger partial charge in [-0.2, -0.15) is 4.31 Å². The predicted octanol–water partition coefficient (Wildman–Crippen LogP) is 1.93. The molecule has 0 saturated carbocycles. The van der Waals surface area contributed by atoms with E-state index in [1.165, 1.54) is 7.11 Å². The molecule has 0 spiro atoms. The molecule has 0 heterocycles. The number of hydrogen-bond acceptors (Lipinski definition) is 4. The maximum Gasteiger partial charge on any atom is 0.247 e. The fourth-order valence-electron chi connectivity index (χ4n) is 2.07. The minimum Gasteiger partial charge on any atom is -0.495 e. The van der Waals surface area contributed by atoms with E-state index in [4.69, 9.17) is 4.74 Å². The van der Waals surface area contributed by atoms with Crippen molar-refractivity contribution in [1.82, 2.24) is 9.62 Å². The molecule has 0 bridgehead atoms. The number of rotatable bonds is 8. The molecule has 0 aliphatic carbocycles. The number of amides is 1. The molecular weight excluding hydrogens is 316 g/mol. The van der Waals surface area contributed by atoms with Crippen molar-refractivity contribution in [3.63, 3.8) is 0 Å². The average molecular weight is 342 g/mol. The molecule has 1 amide bonds. The molecule has 0 saturated heterocycles. The summed E-state index contributed by atoms with van der Waals surface area (Å²) < 4.78 is 32.0. The van der Waals surface area contributed by atoms with Crippen LogP contribution >= 0.6 is 0 Å². The number of hydrogen-bond donors (Lipinski definition) is 1. The van der Waals surface area contributed by atoms with Crippen LogP contribution in [0.25, 0.3) is 0 Å². The van der Waals surface area contributed by atoms with Gasteiger partial charge in [0.05, 0.1) is 13.7 Å². The van der Waals surface area contributed by atoms with Gasteiger partial charge in [-0.05, 0) is 38.0 Å². The van der Waals surface area contributed by atoms with Gasteiger partial charge in [0.25, 0.3) is 0 Å². The van der Waals surface area contributed by atoms with E-state index in [0.29, 0.717) is 0 Å². The second kappa shape index (κ2) is 8.31. The van der Waals surface area contributed by atoms with Crippen LogP contribution in [0.1, 0.15) is 32.8 Å². The van der Waals surface area contributed by atoms with E-state index in [2.05, 4.69) is 5.32 Å². The van der Waals surface area contributed by atoms with E-state index in [-0.39, 0.29) is 35.7 Å². The fourth-order valence-corrected chi connectivity index (χ4v) is 3.72. The molecule has 0 fully saturated rings. The normalized spacial score (nSPS) is 13.0. The standard InChI is InChI=1S/C16H26N2O4S/c1-6-13(4)17-16(19)11-18(7-2)23(20,21)15-10-12(3)8-9-14(15)22-5/h8-10,13H,6-7,11H2,1-5H3,(H,17,19)/t13-/m1/s1. The molecule has 0 unspecified atom stereocenters. The largest absolute Gasteiger partial charge is 0.495 e. The Morgan fingerprint density at radius 1 is 1.35 bits per heavy atom. The first kappa shape index (κ1) is 19.4. The van der Waals surface area contributed by atoms with Gasteiger partial charge in [-0.3, -0.25) is 4.79 Å². The molecule has 7 heteroatoms. The number of nitrogens with one attached hydrogen (secondary N) is 1. The highest BCUT2D eigenvalue weighted by Crippen LogP contribution is 2.27. The molecule has 6 nitrogen and oxygen atoms in total. The van der Waals surface area contributed by atoms with Gasteiger partial charge in [0, 0.05) is 12.6 Å². The number of carbonyl (C=O) groups is 1. The van der Waals surface area contributed by atoms with Crippen LogP contribution in [-0.2, 0) is 14.8 Å². The number of likely N-dealkylation sites (N-methyl/N-ethyl adjacent to an activating group) is 1. The van der Waals surface area contributed by atoms with Gasteiger partial charge in [-0.15, -0.1) is 0 Å². The zero-order valence-corrected chi connectivity index (χ0v) is 15.2. The molecule has 0 radical (unpaired) electrons. The SMILES string of the molecule is CC[C@@H](C)NC(=O)CN(CC)S(=O)(=O)c1cc(C)ccc1OC. The molecule has 1 aromatic rings. The number of carbonyl (C=O) groups excluding carboxylic acids is 1. The summed E-state index contributed by atoms with van der Waals surface area (Å²) in [6.45, 7) is 7.34. The Kier molecular flexibility index (Phi) is 7.02. The summed E-state index contributed by atoms with van der Waals surface area (Å²) in [4.78, 5) is 12.1. The number of aryl methyl sites for hydroxylation is 1. The first-order valence-electron chi connectivity index (χ1n) is 7.70. The minimum atomic E-state index is -3.81. The van der Waals surface area contributed by atoms with Gasteiger partial charge < -0.3 is 10.1 Å². The van der Waals surface area contributed by atoms with E-state index in [9.17, 15) is 13.2 Å². The van der Waals surface area contributed by atoms with Crippen molar-refractivity contribution in [1.29, 1.82) is 0 Å². The lowest BCUT2D eigenvalue weighted by molar-refractivity contribution is -0.121. The third-order valence-corrected chi connectivity index (χ3v) is 5.57. The Balaban J connectivity index is 3.09. The molecule has 0 aromatic heterocycles. The first-order chi connectivity index (χ1) is 10.8. The monoisotopic (exact) mass is 342 g/mol. The summed E-state index contributed by atoms with van der Waals surface area (Å²) in [6, 6.07) is 4.97. The Morgan fingerprint density at radius 3 is 2.52 bits per heavy atom. The topological polar surface area (TPSA) is 75.7 Å². The lowest BCUT2D eigenvalue weighted by Gasteiger charge is -2.22. The molecule has 1 N–H and O–H groups in total. The highest BCUT2D eigenvalue weighted by Gasteiger charge is 2.28. The zero-order valence-electron chi connectivity index (χ0n) is 14.4. The van der Waals surface area contributed by atoms with Gasteiger partial charge in [-0.1, -0.05) is 19.9 Å². The van der Waals surface area contributed by atoms with Crippen LogP contribution in [0.2, 0.25) is 0 Å². The van der Waals surface area contributed by atoms with Crippen molar-refractivity contribution in [3.8, 4) is 5.75 Å². The van der Waals surface area contributed by atoms with Crippen LogP contribution in [0, 0.1) is 6.92 Å². The Bertz CT molecular complexity index is 643. The van der Waals surface area contributed by atoms with Crippen LogP contribution in [0.15, 0.2) is 23.1 Å². The summed E-state index contributed by atoms with van der Waals surface area (Å²) in [5.41, 5.74) is 0.810. The van der Waals surface area contributed by atoms with Crippen LogP contribution in [-0.4, -0.2) is 44.9 Å². The fraction of sp³-hybridized carbons (Fsp3) is 0.562. The summed E-state index contributed by atoms with van der Waals surface area (Å²) in [5.74, 6) is -0.0345. The number of benzene rings is 1. The molecule has 0 aliphatic heterocycles. The third-order valence-electron chi connectivity index (χ3n) is 3.63. The lowest BCUT2D eigenvalue weighted by Crippen LogP contribution is -2.43. The van der Waals surface area contributed by atoms with E-state index < -0.39 is 10.0 Å². The lowest BCUT2D eigenvalue weighted by atomic mass is 10.2. The summed E-state index contributed by atoms with van der Waals surface area (Å²) in [5, 5.41) is 2.78. The number of nitrogens with zero attached hydrogens (tertiary/aromatic N) is 1. The second-order valence-electron chi connectivity index (χ2n) is 5.46. The van der Waals surface area contributed by atoms with E-state index >= 15 is 0 Å². The quantitative estimate of drug-likeness (QED) is 0.783. The summed E-state index contributed by atoms with van der Waals surface area (Å²) in [7, 11) is -2.38. The number of sulfonamides is 1. The molecule has 23 heavy (non-hydrogen) atoms. The van der Waals surface area contributed by atoms with Gasteiger partial charge in [-0.25, -0.2) is 8.42 Å². The number of ether oxygens (including phenoxy) is 1. The average Bonchev–Trinajstić information content (AvgIpc) is 2.52. The Hall–Kier alpha value is -1.60. The van der Waals surface area contributed by atoms with Gasteiger partial charge in [0.15, 0.2) is 0 Å². The first-order valence-corrected chi connectivity index (χ1v) is 9.14. The molecule has 0 aliphatic rings. The highest BCUT2D eigenvalue weighted by atomic mass is 32.2. The van der Waals surface area contributed by atoms with Crippen LogP contribution in [0.4, 0.5) is 0 Å². The third kappa shape index (κ3) is 4.94. The van der Waals surface area contributed by atoms with E-state index in [1.807, 2.05) is 20.8 Å². The van der Waals surface area contributed by atoms with Crippen molar-refractivity contribution in [2.24, 2.45) is 0 Å². The van der Waals surface area contributed by atoms with Crippen LogP contribution in [0.5, 0.6) is 5.75 Å². The number of methoxy groups -OCH3 is 1. The van der Waals surface area contributed by atoms with Crippen molar-refractivity contribution in [2.75, 3.05) is 20.2 Å². The van der Waals surface area contributed by atoms with Crippen molar-refractivity contribution < 1.29 is 17.9 Å². The maximum absolute atomic E-state index is 12.9. The Morgan fingerprint density at radius 2 is 2.00 bits per heavy atom. The van der Waals surface area contributed by atoms with Gasteiger partial charge in [0.2, 0.25) is 15.9 Å². The Labute approximate surface area is 138 Å². The second-order valence-corrected chi connectivity index (χ2v) is 7.37. The smallest absolute Gasteiger partial charge is 0.247 e. The van der Waals surface area contributed by atoms with Crippen molar-refractivity contribution in [3.05, 3.63) is 23.8 Å². The van der Waals surface area contributed by atoms with E-state index in [1.54, 1.807) is 25.1 Å². The molecule has 130 valence electrons. The maximum atomic E-state index is 12.9. The minimum absolute atomic E-state index is 0.0115. The molecule has 1 aromatic carbocycles. The van der Waals surface area contributed by atoms with E-state index in [0.717, 1.165) is 16.3 Å². The summed E-state index contributed by atoms with van der Waals surface area (Å²) >= 11 is 0.